The summed E-state index contributed by atoms with van der Waals surface area (Å²) in [6.07, 6.45) is 1.96. The van der Waals surface area contributed by atoms with E-state index in [1.165, 1.54) is 6.07 Å². The number of nitrogens with one attached hydrogen (secondary N) is 1. The molecule has 0 saturated carbocycles. The van der Waals surface area contributed by atoms with Crippen LogP contribution in [0.2, 0.25) is 0 Å². The van der Waals surface area contributed by atoms with Gasteiger partial charge in [-0.2, -0.15) is 0 Å². The number of hydrogen-bond acceptors (Lipinski definition) is 6. The van der Waals surface area contributed by atoms with Crippen molar-refractivity contribution in [3.63, 3.8) is 0 Å². The van der Waals surface area contributed by atoms with Crippen molar-refractivity contribution in [3.8, 4) is 5.75 Å². The number of nitrogens with zero attached hydrogens (tertiary/aromatic N) is 3. The van der Waals surface area contributed by atoms with Gasteiger partial charge in [0.2, 0.25) is 0 Å². The van der Waals surface area contributed by atoms with Crippen molar-refractivity contribution in [2.75, 3.05) is 30.4 Å². The third-order valence-corrected chi connectivity index (χ3v) is 5.40. The summed E-state index contributed by atoms with van der Waals surface area (Å²) in [7, 11) is 1.67. The standard InChI is InChI=1S/C22H24N4O3/c1-15-13-21(19-7-4-8-20(26(27)28)22(19)23-15)25-11-9-16(10-12-25)24-17-5-3-6-18(14-17)29-2/h3-8,13-14,16,24H,9-12H2,1-2H3. The van der Waals surface area contributed by atoms with E-state index in [1.54, 1.807) is 13.2 Å². The Morgan fingerprint density at radius 1 is 1.17 bits per heavy atom. The summed E-state index contributed by atoms with van der Waals surface area (Å²) in [5, 5.41) is 15.8. The lowest BCUT2D eigenvalue weighted by Gasteiger charge is -2.35. The average molecular weight is 392 g/mol. The van der Waals surface area contributed by atoms with Crippen molar-refractivity contribution in [1.82, 2.24) is 4.98 Å². The Morgan fingerprint density at radius 3 is 2.66 bits per heavy atom. The average Bonchev–Trinajstić information content (AvgIpc) is 2.73. The number of nitro groups is 1. The van der Waals surface area contributed by atoms with E-state index in [9.17, 15) is 10.1 Å². The molecule has 0 radical (unpaired) electrons. The normalized spacial score (nSPS) is 14.8. The third kappa shape index (κ3) is 3.94. The van der Waals surface area contributed by atoms with E-state index in [1.807, 2.05) is 43.3 Å². The first-order valence-corrected chi connectivity index (χ1v) is 9.75. The SMILES string of the molecule is COc1cccc(NC2CCN(c3cc(C)nc4c([N+](=O)[O-])cccc34)CC2)c1. The topological polar surface area (TPSA) is 80.5 Å². The van der Waals surface area contributed by atoms with Crippen LogP contribution in [0.4, 0.5) is 17.1 Å². The highest BCUT2D eigenvalue weighted by atomic mass is 16.6. The molecule has 2 aromatic carbocycles. The van der Waals surface area contributed by atoms with E-state index in [4.69, 9.17) is 4.74 Å². The second kappa shape index (κ2) is 7.95. The van der Waals surface area contributed by atoms with Gasteiger partial charge in [0, 0.05) is 53.7 Å². The van der Waals surface area contributed by atoms with Crippen molar-refractivity contribution in [3.05, 3.63) is 64.3 Å². The van der Waals surface area contributed by atoms with E-state index >= 15 is 0 Å². The van der Waals surface area contributed by atoms with Crippen molar-refractivity contribution < 1.29 is 9.66 Å². The molecule has 4 rings (SSSR count). The van der Waals surface area contributed by atoms with Crippen molar-refractivity contribution in [2.24, 2.45) is 0 Å². The minimum absolute atomic E-state index is 0.0574. The molecule has 0 atom stereocenters. The number of non-ortho nitro benzene ring substituents is 1. The molecule has 0 aliphatic carbocycles. The molecule has 1 aliphatic rings. The summed E-state index contributed by atoms with van der Waals surface area (Å²) in [5.74, 6) is 0.841. The zero-order valence-electron chi connectivity index (χ0n) is 16.6. The van der Waals surface area contributed by atoms with Crippen LogP contribution in [-0.2, 0) is 0 Å². The van der Waals surface area contributed by atoms with Crippen LogP contribution in [0.5, 0.6) is 5.75 Å². The molecule has 0 bridgehead atoms. The van der Waals surface area contributed by atoms with Crippen molar-refractivity contribution >= 4 is 28.0 Å². The van der Waals surface area contributed by atoms with E-state index in [2.05, 4.69) is 15.2 Å². The van der Waals surface area contributed by atoms with Crippen LogP contribution in [0, 0.1) is 17.0 Å². The highest BCUT2D eigenvalue weighted by Crippen LogP contribution is 2.33. The van der Waals surface area contributed by atoms with Gasteiger partial charge in [-0.3, -0.25) is 10.1 Å². The van der Waals surface area contributed by atoms with Crippen LogP contribution < -0.4 is 15.0 Å². The largest absolute Gasteiger partial charge is 0.497 e. The Morgan fingerprint density at radius 2 is 1.93 bits per heavy atom. The predicted octanol–water partition coefficient (Wildman–Crippen LogP) is 4.54. The van der Waals surface area contributed by atoms with Gasteiger partial charge in [0.25, 0.3) is 5.69 Å². The zero-order chi connectivity index (χ0) is 20.4. The number of pyridine rings is 1. The Bertz CT molecular complexity index is 1050. The predicted molar refractivity (Wildman–Crippen MR) is 115 cm³/mol. The van der Waals surface area contributed by atoms with Gasteiger partial charge >= 0.3 is 0 Å². The number of hydrogen-bond donors (Lipinski definition) is 1. The maximum absolute atomic E-state index is 11.4. The first kappa shape index (κ1) is 19.0. The van der Waals surface area contributed by atoms with Gasteiger partial charge in [0.05, 0.1) is 12.0 Å². The molecule has 1 fully saturated rings. The summed E-state index contributed by atoms with van der Waals surface area (Å²) in [5.41, 5.74) is 3.39. The molecule has 7 nitrogen and oxygen atoms in total. The number of anilines is 2. The number of ether oxygens (including phenoxy) is 1. The highest BCUT2D eigenvalue weighted by Gasteiger charge is 2.23. The van der Waals surface area contributed by atoms with Gasteiger partial charge in [-0.25, -0.2) is 4.98 Å². The summed E-state index contributed by atoms with van der Waals surface area (Å²) in [6.45, 7) is 3.64. The van der Waals surface area contributed by atoms with Crippen molar-refractivity contribution in [2.45, 2.75) is 25.8 Å². The molecule has 1 saturated heterocycles. The maximum atomic E-state index is 11.4. The molecular weight excluding hydrogens is 368 g/mol. The summed E-state index contributed by atoms with van der Waals surface area (Å²) in [6, 6.07) is 15.5. The van der Waals surface area contributed by atoms with Crippen LogP contribution in [0.3, 0.4) is 0 Å². The number of rotatable bonds is 5. The zero-order valence-corrected chi connectivity index (χ0v) is 16.6. The number of piperidine rings is 1. The number of aryl methyl sites for hydroxylation is 1. The van der Waals surface area contributed by atoms with Crippen LogP contribution in [-0.4, -0.2) is 36.1 Å². The molecule has 0 amide bonds. The fourth-order valence-electron chi connectivity index (χ4n) is 3.96. The summed E-state index contributed by atoms with van der Waals surface area (Å²) >= 11 is 0. The second-order valence-corrected chi connectivity index (χ2v) is 7.35. The Kier molecular flexibility index (Phi) is 5.20. The van der Waals surface area contributed by atoms with Crippen LogP contribution in [0.15, 0.2) is 48.5 Å². The van der Waals surface area contributed by atoms with E-state index in [-0.39, 0.29) is 10.6 Å². The molecule has 3 aromatic rings. The monoisotopic (exact) mass is 392 g/mol. The smallest absolute Gasteiger partial charge is 0.295 e. The summed E-state index contributed by atoms with van der Waals surface area (Å²) in [4.78, 5) is 17.8. The van der Waals surface area contributed by atoms with Gasteiger partial charge < -0.3 is 15.0 Å². The van der Waals surface area contributed by atoms with Crippen LogP contribution >= 0.6 is 0 Å². The minimum atomic E-state index is -0.358. The molecular formula is C22H24N4O3. The third-order valence-electron chi connectivity index (χ3n) is 5.40. The molecule has 1 aliphatic heterocycles. The Balaban J connectivity index is 1.53. The minimum Gasteiger partial charge on any atom is -0.497 e. The Labute approximate surface area is 169 Å². The number of para-hydroxylation sites is 1. The van der Waals surface area contributed by atoms with Gasteiger partial charge in [-0.05, 0) is 38.0 Å². The molecule has 150 valence electrons. The first-order valence-electron chi connectivity index (χ1n) is 9.75. The van der Waals surface area contributed by atoms with Gasteiger partial charge in [0.1, 0.15) is 5.75 Å². The summed E-state index contributed by atoms with van der Waals surface area (Å²) < 4.78 is 5.30. The number of fused-ring (bicyclic) bond motifs is 1. The molecule has 0 spiro atoms. The van der Waals surface area contributed by atoms with Crippen molar-refractivity contribution in [1.29, 1.82) is 0 Å². The molecule has 29 heavy (non-hydrogen) atoms. The van der Waals surface area contributed by atoms with Crippen LogP contribution in [0.1, 0.15) is 18.5 Å². The van der Waals surface area contributed by atoms with Gasteiger partial charge in [-0.15, -0.1) is 0 Å². The van der Waals surface area contributed by atoms with E-state index in [0.717, 1.165) is 54.1 Å². The quantitative estimate of drug-likeness (QED) is 0.507. The molecule has 2 heterocycles. The number of methoxy groups -OCH3 is 1. The fraction of sp³-hybridized carbons (Fsp3) is 0.318. The number of nitro benzene ring substituents is 1. The number of benzene rings is 2. The lowest BCUT2D eigenvalue weighted by Crippen LogP contribution is -2.39. The van der Waals surface area contributed by atoms with Gasteiger partial charge in [-0.1, -0.05) is 18.2 Å². The van der Waals surface area contributed by atoms with E-state index in [0.29, 0.717) is 11.6 Å². The highest BCUT2D eigenvalue weighted by molar-refractivity contribution is 5.97. The molecule has 0 unspecified atom stereocenters. The molecule has 1 N–H and O–H groups in total. The maximum Gasteiger partial charge on any atom is 0.295 e. The fourth-order valence-corrected chi connectivity index (χ4v) is 3.96. The lowest BCUT2D eigenvalue weighted by atomic mass is 10.0. The molecule has 1 aromatic heterocycles. The Hall–Kier alpha value is -3.35. The first-order chi connectivity index (χ1) is 14.0. The molecule has 7 heteroatoms. The second-order valence-electron chi connectivity index (χ2n) is 7.35. The van der Waals surface area contributed by atoms with Gasteiger partial charge in [0.15, 0.2) is 5.52 Å². The lowest BCUT2D eigenvalue weighted by molar-refractivity contribution is -0.383. The number of aromatic nitrogens is 1. The van der Waals surface area contributed by atoms with E-state index < -0.39 is 0 Å². The van der Waals surface area contributed by atoms with Crippen LogP contribution in [0.25, 0.3) is 10.9 Å².